The Bertz CT molecular complexity index is 3420. The lowest BCUT2D eigenvalue weighted by molar-refractivity contribution is 0.661. The highest BCUT2D eigenvalue weighted by atomic mass is 14.4. The summed E-state index contributed by atoms with van der Waals surface area (Å²) in [4.78, 5) is 0. The van der Waals surface area contributed by atoms with Gasteiger partial charge in [0.05, 0.1) is 0 Å². The highest BCUT2D eigenvalue weighted by Crippen LogP contribution is 2.51. The van der Waals surface area contributed by atoms with E-state index in [1.807, 2.05) is 0 Å². The van der Waals surface area contributed by atoms with Gasteiger partial charge < -0.3 is 0 Å². The molecule has 0 aromatic heterocycles. The number of hydrogen-bond acceptors (Lipinski definition) is 0. The molecule has 0 bridgehead atoms. The molecule has 0 N–H and O–H groups in total. The van der Waals surface area contributed by atoms with Gasteiger partial charge in [0.15, 0.2) is 0 Å². The molecule has 1 aliphatic carbocycles. The molecule has 0 atom stereocenters. The molecule has 0 saturated heterocycles. The van der Waals surface area contributed by atoms with Crippen LogP contribution < -0.4 is 0 Å². The first-order valence-electron chi connectivity index (χ1n) is 20.1. The van der Waals surface area contributed by atoms with Gasteiger partial charge >= 0.3 is 0 Å². The lowest BCUT2D eigenvalue weighted by atomic mass is 9.80. The molecule has 0 heterocycles. The van der Waals surface area contributed by atoms with Crippen molar-refractivity contribution in [3.8, 4) is 44.5 Å². The summed E-state index contributed by atoms with van der Waals surface area (Å²) in [6.07, 6.45) is 0. The van der Waals surface area contributed by atoms with Crippen LogP contribution in [-0.2, 0) is 5.41 Å². The van der Waals surface area contributed by atoms with Crippen LogP contribution in [0.4, 0.5) is 0 Å². The van der Waals surface area contributed by atoms with Gasteiger partial charge in [-0.1, -0.05) is 178 Å². The van der Waals surface area contributed by atoms with Gasteiger partial charge in [0.1, 0.15) is 0 Å². The maximum absolute atomic E-state index is 2.45. The van der Waals surface area contributed by atoms with Crippen molar-refractivity contribution in [1.82, 2.24) is 0 Å². The van der Waals surface area contributed by atoms with E-state index >= 15 is 0 Å². The van der Waals surface area contributed by atoms with Crippen LogP contribution in [-0.4, -0.2) is 0 Å². The SMILES string of the molecule is CC1(C)c2cc(-c3cccc(-c4ccc5c6ccccc6c6ccccc6c5c4)c3)ccc2-c2ccc(-c3ccc4c5ccccc5c5ccccc5c4c3)cc21. The molecule has 0 spiro atoms. The van der Waals surface area contributed by atoms with Crippen LogP contribution in [0.3, 0.4) is 0 Å². The molecule has 57 heavy (non-hydrogen) atoms. The summed E-state index contributed by atoms with van der Waals surface area (Å²) in [7, 11) is 0. The number of hydrogen-bond donors (Lipinski definition) is 0. The lowest BCUT2D eigenvalue weighted by Crippen LogP contribution is -2.15. The minimum absolute atomic E-state index is 0.143. The van der Waals surface area contributed by atoms with Gasteiger partial charge in [-0.3, -0.25) is 0 Å². The average Bonchev–Trinajstić information content (AvgIpc) is 3.50. The van der Waals surface area contributed by atoms with Gasteiger partial charge in [-0.2, -0.15) is 0 Å². The zero-order valence-corrected chi connectivity index (χ0v) is 32.0. The third-order valence-corrected chi connectivity index (χ3v) is 13.0. The van der Waals surface area contributed by atoms with Crippen LogP contribution in [0.5, 0.6) is 0 Å². The zero-order chi connectivity index (χ0) is 37.8. The van der Waals surface area contributed by atoms with Crippen molar-refractivity contribution in [2.45, 2.75) is 19.3 Å². The van der Waals surface area contributed by atoms with E-state index in [1.165, 1.54) is 120 Å². The van der Waals surface area contributed by atoms with E-state index in [9.17, 15) is 0 Å². The van der Waals surface area contributed by atoms with Gasteiger partial charge in [0.25, 0.3) is 0 Å². The summed E-state index contributed by atoms with van der Waals surface area (Å²) in [5.41, 5.74) is 12.8. The normalized spacial score (nSPS) is 13.2. The van der Waals surface area contributed by atoms with Gasteiger partial charge in [0, 0.05) is 5.41 Å². The van der Waals surface area contributed by atoms with E-state index in [1.54, 1.807) is 0 Å². The van der Waals surface area contributed by atoms with E-state index in [2.05, 4.69) is 208 Å². The number of fused-ring (bicyclic) bond motifs is 15. The Hall–Kier alpha value is -7.02. The second-order valence-electron chi connectivity index (χ2n) is 16.4. The lowest BCUT2D eigenvalue weighted by Gasteiger charge is -2.23. The Balaban J connectivity index is 0.924. The molecular weight excluding hydrogens is 685 g/mol. The molecule has 1 aliphatic rings. The summed E-state index contributed by atoms with van der Waals surface area (Å²) in [6, 6.07) is 72.7. The molecule has 0 fully saturated rings. The summed E-state index contributed by atoms with van der Waals surface area (Å²) in [5, 5.41) is 15.7. The topological polar surface area (TPSA) is 0 Å². The average molecular weight is 723 g/mol. The third kappa shape index (κ3) is 4.74. The fraction of sp³-hybridized carbons (Fsp3) is 0.0526. The Morgan fingerprint density at radius 1 is 0.228 bits per heavy atom. The maximum atomic E-state index is 2.45. The minimum Gasteiger partial charge on any atom is -0.0616 e. The highest BCUT2D eigenvalue weighted by Gasteiger charge is 2.36. The Labute approximate surface area is 332 Å². The summed E-state index contributed by atoms with van der Waals surface area (Å²) < 4.78 is 0. The van der Waals surface area contributed by atoms with E-state index < -0.39 is 0 Å². The zero-order valence-electron chi connectivity index (χ0n) is 32.0. The fourth-order valence-electron chi connectivity index (χ4n) is 10.1. The first-order valence-corrected chi connectivity index (χ1v) is 20.1. The molecule has 0 nitrogen and oxygen atoms in total. The molecule has 0 aliphatic heterocycles. The van der Waals surface area contributed by atoms with Crippen molar-refractivity contribution in [3.63, 3.8) is 0 Å². The Kier molecular flexibility index (Phi) is 6.78. The van der Waals surface area contributed by atoms with E-state index in [-0.39, 0.29) is 5.41 Å². The number of rotatable bonds is 3. The smallest absolute Gasteiger partial charge is 0.0159 e. The van der Waals surface area contributed by atoms with Gasteiger partial charge in [-0.25, -0.2) is 0 Å². The molecule has 12 rings (SSSR count). The van der Waals surface area contributed by atoms with Crippen LogP contribution >= 0.6 is 0 Å². The summed E-state index contributed by atoms with van der Waals surface area (Å²) in [6.45, 7) is 4.79. The second kappa shape index (κ2) is 12.0. The third-order valence-electron chi connectivity index (χ3n) is 13.0. The maximum Gasteiger partial charge on any atom is 0.0159 e. The van der Waals surface area contributed by atoms with Crippen molar-refractivity contribution < 1.29 is 0 Å². The van der Waals surface area contributed by atoms with Crippen LogP contribution in [0, 0.1) is 0 Å². The summed E-state index contributed by atoms with van der Waals surface area (Å²) in [5.74, 6) is 0. The van der Waals surface area contributed by atoms with Gasteiger partial charge in [0.2, 0.25) is 0 Å². The molecule has 11 aromatic rings. The van der Waals surface area contributed by atoms with Crippen molar-refractivity contribution >= 4 is 64.6 Å². The monoisotopic (exact) mass is 722 g/mol. The van der Waals surface area contributed by atoms with Crippen molar-refractivity contribution in [2.24, 2.45) is 0 Å². The molecule has 0 amide bonds. The Morgan fingerprint density at radius 3 is 0.877 bits per heavy atom. The first kappa shape index (κ1) is 32.2. The van der Waals surface area contributed by atoms with E-state index in [4.69, 9.17) is 0 Å². The minimum atomic E-state index is -0.143. The van der Waals surface area contributed by atoms with E-state index in [0.29, 0.717) is 0 Å². The predicted octanol–water partition coefficient (Wildman–Crippen LogP) is 15.9. The Morgan fingerprint density at radius 2 is 0.509 bits per heavy atom. The van der Waals surface area contributed by atoms with Crippen LogP contribution in [0.25, 0.3) is 109 Å². The number of benzene rings is 11. The molecule has 0 saturated carbocycles. The highest BCUT2D eigenvalue weighted by molar-refractivity contribution is 6.27. The molecule has 266 valence electrons. The van der Waals surface area contributed by atoms with Gasteiger partial charge in [-0.05, 0) is 151 Å². The van der Waals surface area contributed by atoms with Crippen LogP contribution in [0.1, 0.15) is 25.0 Å². The predicted molar refractivity (Wildman–Crippen MR) is 245 cm³/mol. The molecule has 0 heteroatoms. The molecule has 11 aromatic carbocycles. The van der Waals surface area contributed by atoms with Crippen LogP contribution in [0.2, 0.25) is 0 Å². The van der Waals surface area contributed by atoms with Crippen molar-refractivity contribution in [3.05, 3.63) is 205 Å². The van der Waals surface area contributed by atoms with Crippen molar-refractivity contribution in [1.29, 1.82) is 0 Å². The molecule has 0 radical (unpaired) electrons. The van der Waals surface area contributed by atoms with Crippen LogP contribution in [0.15, 0.2) is 194 Å². The second-order valence-corrected chi connectivity index (χ2v) is 16.4. The molecular formula is C57H38. The quantitative estimate of drug-likeness (QED) is 0.159. The largest absolute Gasteiger partial charge is 0.0616 e. The fourth-order valence-corrected chi connectivity index (χ4v) is 10.1. The van der Waals surface area contributed by atoms with Crippen molar-refractivity contribution in [2.75, 3.05) is 0 Å². The molecule has 0 unspecified atom stereocenters. The van der Waals surface area contributed by atoms with Gasteiger partial charge in [-0.15, -0.1) is 0 Å². The van der Waals surface area contributed by atoms with E-state index in [0.717, 1.165) is 0 Å². The first-order chi connectivity index (χ1) is 28.0. The standard InChI is InChI=1S/C57H38/c1-57(2)55-33-39(36-13-11-12-35(30-36)37-22-26-49-45-18-5-3-14-41(45)43-16-7-9-20-47(43)53(49)31-37)24-28-51(55)52-29-25-40(34-56(52)57)38-23-27-50-46-19-6-4-15-42(46)44-17-8-10-21-48(44)54(50)32-38/h3-34H,1-2H3. The summed E-state index contributed by atoms with van der Waals surface area (Å²) >= 11 is 0.